The minimum atomic E-state index is -0.0787. The van der Waals surface area contributed by atoms with Gasteiger partial charge < -0.3 is 9.72 Å². The molecule has 0 saturated heterocycles. The Bertz CT molecular complexity index is 734. The van der Waals surface area contributed by atoms with Gasteiger partial charge in [-0.2, -0.15) is 0 Å². The molecule has 0 aliphatic rings. The Morgan fingerprint density at radius 1 is 1.25 bits per heavy atom. The van der Waals surface area contributed by atoms with Gasteiger partial charge in [-0.15, -0.1) is 0 Å². The van der Waals surface area contributed by atoms with Crippen LogP contribution in [0.3, 0.4) is 0 Å². The number of nitrogens with zero attached hydrogens (tertiary/aromatic N) is 2. The van der Waals surface area contributed by atoms with Gasteiger partial charge in [-0.25, -0.2) is 4.98 Å². The first-order valence-electron chi connectivity index (χ1n) is 6.51. The smallest absolute Gasteiger partial charge is 0.251 e. The number of carbonyl (C=O) groups is 1. The maximum atomic E-state index is 12.3. The summed E-state index contributed by atoms with van der Waals surface area (Å²) in [6.07, 6.45) is 5.28. The summed E-state index contributed by atoms with van der Waals surface area (Å²) in [5.74, 6) is -0.0787. The van der Waals surface area contributed by atoms with Crippen molar-refractivity contribution in [2.75, 3.05) is 0 Å². The normalized spacial score (nSPS) is 12.2. The molecule has 0 aliphatic carbocycles. The first-order valence-corrected chi connectivity index (χ1v) is 6.51. The first kappa shape index (κ1) is 12.4. The lowest BCUT2D eigenvalue weighted by molar-refractivity contribution is 0.0940. The van der Waals surface area contributed by atoms with Crippen molar-refractivity contribution in [3.05, 3.63) is 72.3 Å². The van der Waals surface area contributed by atoms with E-state index in [-0.39, 0.29) is 11.9 Å². The Balaban J connectivity index is 1.78. The molecule has 0 saturated carbocycles. The summed E-state index contributed by atoms with van der Waals surface area (Å²) in [4.78, 5) is 16.3. The molecule has 0 aliphatic heterocycles. The van der Waals surface area contributed by atoms with Gasteiger partial charge in [-0.1, -0.05) is 30.3 Å². The number of fused-ring (bicyclic) bond motifs is 1. The van der Waals surface area contributed by atoms with Crippen LogP contribution in [0.15, 0.2) is 61.2 Å². The van der Waals surface area contributed by atoms with E-state index in [0.717, 1.165) is 11.1 Å². The van der Waals surface area contributed by atoms with E-state index in [1.807, 2.05) is 53.9 Å². The van der Waals surface area contributed by atoms with E-state index in [2.05, 4.69) is 10.3 Å². The summed E-state index contributed by atoms with van der Waals surface area (Å²) in [5, 5.41) is 3.00. The fraction of sp³-hybridized carbons (Fsp3) is 0.125. The monoisotopic (exact) mass is 265 g/mol. The second-order valence-corrected chi connectivity index (χ2v) is 4.75. The molecular formula is C16H15N3O. The van der Waals surface area contributed by atoms with Crippen molar-refractivity contribution in [2.24, 2.45) is 0 Å². The molecule has 2 aromatic heterocycles. The predicted molar refractivity (Wildman–Crippen MR) is 77.5 cm³/mol. The standard InChI is InChI=1S/C16H15N3O/c1-12(13-5-3-2-4-6-13)18-16(20)14-7-8-19-11-17-10-15(19)9-14/h2-12H,1H3,(H,18,20). The largest absolute Gasteiger partial charge is 0.346 e. The van der Waals surface area contributed by atoms with Crippen LogP contribution in [0.2, 0.25) is 0 Å². The van der Waals surface area contributed by atoms with Crippen molar-refractivity contribution in [2.45, 2.75) is 13.0 Å². The summed E-state index contributed by atoms with van der Waals surface area (Å²) in [5.41, 5.74) is 2.64. The van der Waals surface area contributed by atoms with Gasteiger partial charge in [0.1, 0.15) is 0 Å². The van der Waals surface area contributed by atoms with Gasteiger partial charge in [0.15, 0.2) is 0 Å². The number of imidazole rings is 1. The summed E-state index contributed by atoms with van der Waals surface area (Å²) in [6.45, 7) is 1.98. The minimum absolute atomic E-state index is 0.0233. The quantitative estimate of drug-likeness (QED) is 0.791. The fourth-order valence-electron chi connectivity index (χ4n) is 2.17. The van der Waals surface area contributed by atoms with E-state index in [0.29, 0.717) is 5.56 Å². The molecule has 1 unspecified atom stereocenters. The number of nitrogens with one attached hydrogen (secondary N) is 1. The van der Waals surface area contributed by atoms with E-state index in [1.165, 1.54) is 0 Å². The van der Waals surface area contributed by atoms with E-state index in [1.54, 1.807) is 18.6 Å². The molecule has 0 spiro atoms. The van der Waals surface area contributed by atoms with Crippen molar-refractivity contribution < 1.29 is 4.79 Å². The van der Waals surface area contributed by atoms with E-state index < -0.39 is 0 Å². The van der Waals surface area contributed by atoms with Gasteiger partial charge in [0.25, 0.3) is 5.91 Å². The minimum Gasteiger partial charge on any atom is -0.346 e. The molecule has 0 bridgehead atoms. The van der Waals surface area contributed by atoms with Gasteiger partial charge in [0, 0.05) is 11.8 Å². The molecule has 1 amide bonds. The van der Waals surface area contributed by atoms with Crippen LogP contribution in [0, 0.1) is 0 Å². The second-order valence-electron chi connectivity index (χ2n) is 4.75. The maximum Gasteiger partial charge on any atom is 0.251 e. The van der Waals surface area contributed by atoms with E-state index in [4.69, 9.17) is 0 Å². The predicted octanol–water partition coefficient (Wildman–Crippen LogP) is 2.83. The van der Waals surface area contributed by atoms with Crippen molar-refractivity contribution in [1.29, 1.82) is 0 Å². The molecule has 0 fully saturated rings. The highest BCUT2D eigenvalue weighted by Crippen LogP contribution is 2.13. The lowest BCUT2D eigenvalue weighted by atomic mass is 10.1. The molecular weight excluding hydrogens is 250 g/mol. The topological polar surface area (TPSA) is 46.4 Å². The number of rotatable bonds is 3. The van der Waals surface area contributed by atoms with Crippen LogP contribution in [-0.4, -0.2) is 15.3 Å². The van der Waals surface area contributed by atoms with Crippen molar-refractivity contribution in [3.63, 3.8) is 0 Å². The molecule has 1 atom stereocenters. The molecule has 1 N–H and O–H groups in total. The van der Waals surface area contributed by atoms with Crippen LogP contribution < -0.4 is 5.32 Å². The third-order valence-electron chi connectivity index (χ3n) is 3.32. The van der Waals surface area contributed by atoms with Crippen LogP contribution in [0.5, 0.6) is 0 Å². The molecule has 4 nitrogen and oxygen atoms in total. The molecule has 2 heterocycles. The van der Waals surface area contributed by atoms with Gasteiger partial charge in [-0.3, -0.25) is 4.79 Å². The summed E-state index contributed by atoms with van der Waals surface area (Å²) in [6, 6.07) is 13.5. The maximum absolute atomic E-state index is 12.3. The fourth-order valence-corrected chi connectivity index (χ4v) is 2.17. The number of aromatic nitrogens is 2. The van der Waals surface area contributed by atoms with Gasteiger partial charge in [0.05, 0.1) is 24.1 Å². The van der Waals surface area contributed by atoms with Crippen LogP contribution in [0.1, 0.15) is 28.9 Å². The van der Waals surface area contributed by atoms with Gasteiger partial charge in [-0.05, 0) is 24.6 Å². The highest BCUT2D eigenvalue weighted by molar-refractivity contribution is 5.95. The van der Waals surface area contributed by atoms with Gasteiger partial charge >= 0.3 is 0 Å². The Hall–Kier alpha value is -2.62. The molecule has 1 aromatic carbocycles. The Kier molecular flexibility index (Phi) is 3.21. The number of carbonyl (C=O) groups excluding carboxylic acids is 1. The third-order valence-corrected chi connectivity index (χ3v) is 3.32. The van der Waals surface area contributed by atoms with Crippen molar-refractivity contribution in [1.82, 2.24) is 14.7 Å². The third kappa shape index (κ3) is 2.40. The lowest BCUT2D eigenvalue weighted by Gasteiger charge is -2.14. The zero-order chi connectivity index (χ0) is 13.9. The van der Waals surface area contributed by atoms with Crippen LogP contribution >= 0.6 is 0 Å². The van der Waals surface area contributed by atoms with E-state index >= 15 is 0 Å². The number of pyridine rings is 1. The molecule has 20 heavy (non-hydrogen) atoms. The zero-order valence-electron chi connectivity index (χ0n) is 11.2. The van der Waals surface area contributed by atoms with Crippen LogP contribution in [-0.2, 0) is 0 Å². The summed E-state index contributed by atoms with van der Waals surface area (Å²) >= 11 is 0. The zero-order valence-corrected chi connectivity index (χ0v) is 11.2. The summed E-state index contributed by atoms with van der Waals surface area (Å²) in [7, 11) is 0. The van der Waals surface area contributed by atoms with Crippen molar-refractivity contribution >= 4 is 11.4 Å². The van der Waals surface area contributed by atoms with E-state index in [9.17, 15) is 4.79 Å². The second kappa shape index (κ2) is 5.17. The van der Waals surface area contributed by atoms with Gasteiger partial charge in [0.2, 0.25) is 0 Å². The van der Waals surface area contributed by atoms with Crippen LogP contribution in [0.4, 0.5) is 0 Å². The van der Waals surface area contributed by atoms with Crippen molar-refractivity contribution in [3.8, 4) is 0 Å². The molecule has 3 rings (SSSR count). The Morgan fingerprint density at radius 2 is 2.05 bits per heavy atom. The number of hydrogen-bond donors (Lipinski definition) is 1. The molecule has 3 aromatic rings. The van der Waals surface area contributed by atoms with Crippen LogP contribution in [0.25, 0.3) is 5.52 Å². The Morgan fingerprint density at radius 3 is 2.85 bits per heavy atom. The lowest BCUT2D eigenvalue weighted by Crippen LogP contribution is -2.26. The number of benzene rings is 1. The highest BCUT2D eigenvalue weighted by Gasteiger charge is 2.11. The summed E-state index contributed by atoms with van der Waals surface area (Å²) < 4.78 is 1.87. The number of amides is 1. The number of hydrogen-bond acceptors (Lipinski definition) is 2. The first-order chi connectivity index (χ1) is 9.74. The average molecular weight is 265 g/mol. The molecule has 100 valence electrons. The molecule has 0 radical (unpaired) electrons. The Labute approximate surface area is 117 Å². The average Bonchev–Trinajstić information content (AvgIpc) is 2.95. The SMILES string of the molecule is CC(NC(=O)c1ccn2cncc2c1)c1ccccc1. The highest BCUT2D eigenvalue weighted by atomic mass is 16.1. The molecule has 4 heteroatoms.